The normalized spacial score (nSPS) is 19.3. The standard InChI is InChI=1S/C29H30ClN5O2S/c30-20-12-19-2-1-10-34(21-5-8-31-15-21)27(19)24(13-20)23-6-9-32-25-14-22(38-28(23)25)17-35-26(36)7-11-33(29(35)37)16-18-3-4-18/h6-7,9,11-14,18,21,31H,1-5,8,10,15-17H2. The molecular weight excluding hydrogens is 518 g/mol. The molecule has 38 heavy (non-hydrogen) atoms. The van der Waals surface area contributed by atoms with Gasteiger partial charge in [0.05, 0.1) is 16.8 Å². The van der Waals surface area contributed by atoms with E-state index >= 15 is 0 Å². The van der Waals surface area contributed by atoms with E-state index in [0.717, 1.165) is 83.0 Å². The number of halogens is 1. The Hall–Kier alpha value is -2.94. The maximum atomic E-state index is 13.1. The van der Waals surface area contributed by atoms with Crippen molar-refractivity contribution in [2.24, 2.45) is 5.92 Å². The molecule has 1 N–H and O–H groups in total. The van der Waals surface area contributed by atoms with Crippen LogP contribution in [0, 0.1) is 5.92 Å². The number of rotatable bonds is 6. The van der Waals surface area contributed by atoms with E-state index in [2.05, 4.69) is 33.4 Å². The van der Waals surface area contributed by atoms with Gasteiger partial charge >= 0.3 is 5.69 Å². The van der Waals surface area contributed by atoms with Crippen molar-refractivity contribution in [1.29, 1.82) is 0 Å². The van der Waals surface area contributed by atoms with Gasteiger partial charge in [0.25, 0.3) is 5.56 Å². The molecule has 3 aliphatic rings. The molecule has 3 aromatic heterocycles. The third-order valence-corrected chi connectivity index (χ3v) is 9.48. The zero-order valence-corrected chi connectivity index (χ0v) is 22.7. The Bertz CT molecular complexity index is 1650. The second-order valence-electron chi connectivity index (χ2n) is 10.8. The van der Waals surface area contributed by atoms with Crippen molar-refractivity contribution < 1.29 is 0 Å². The molecule has 7 rings (SSSR count). The fourth-order valence-corrected chi connectivity index (χ4v) is 7.44. The van der Waals surface area contributed by atoms with Gasteiger partial charge in [-0.3, -0.25) is 14.3 Å². The number of benzene rings is 1. The molecule has 0 bridgehead atoms. The summed E-state index contributed by atoms with van der Waals surface area (Å²) in [6, 6.07) is 10.3. The summed E-state index contributed by atoms with van der Waals surface area (Å²) in [5, 5.41) is 4.27. The van der Waals surface area contributed by atoms with Crippen molar-refractivity contribution in [2.45, 2.75) is 51.2 Å². The van der Waals surface area contributed by atoms with Crippen molar-refractivity contribution in [3.8, 4) is 11.1 Å². The fourth-order valence-electron chi connectivity index (χ4n) is 6.07. The third kappa shape index (κ3) is 4.38. The summed E-state index contributed by atoms with van der Waals surface area (Å²) in [6.07, 6.45) is 9.08. The minimum atomic E-state index is -0.266. The van der Waals surface area contributed by atoms with Crippen molar-refractivity contribution in [1.82, 2.24) is 19.4 Å². The lowest BCUT2D eigenvalue weighted by Gasteiger charge is -2.38. The molecule has 1 unspecified atom stereocenters. The Morgan fingerprint density at radius 3 is 2.82 bits per heavy atom. The quantitative estimate of drug-likeness (QED) is 0.384. The van der Waals surface area contributed by atoms with Crippen molar-refractivity contribution in [3.63, 3.8) is 0 Å². The molecule has 196 valence electrons. The average Bonchev–Trinajstić information content (AvgIpc) is 3.38. The predicted octanol–water partition coefficient (Wildman–Crippen LogP) is 4.51. The van der Waals surface area contributed by atoms with Crippen LogP contribution in [0.4, 0.5) is 5.69 Å². The highest BCUT2D eigenvalue weighted by Gasteiger charge is 2.30. The zero-order valence-electron chi connectivity index (χ0n) is 21.2. The number of hydrogen-bond donors (Lipinski definition) is 1. The maximum absolute atomic E-state index is 13.1. The lowest BCUT2D eigenvalue weighted by atomic mass is 9.92. The van der Waals surface area contributed by atoms with Crippen LogP contribution in [-0.4, -0.2) is 39.8 Å². The van der Waals surface area contributed by atoms with Gasteiger partial charge in [-0.2, -0.15) is 0 Å². The van der Waals surface area contributed by atoms with Crippen LogP contribution >= 0.6 is 22.9 Å². The van der Waals surface area contributed by atoms with Crippen LogP contribution in [0.2, 0.25) is 5.02 Å². The fraction of sp³-hybridized carbons (Fsp3) is 0.414. The highest BCUT2D eigenvalue weighted by molar-refractivity contribution is 7.19. The molecule has 0 spiro atoms. The Balaban J connectivity index is 1.31. The lowest BCUT2D eigenvalue weighted by molar-refractivity contribution is 0.546. The molecule has 0 radical (unpaired) electrons. The summed E-state index contributed by atoms with van der Waals surface area (Å²) >= 11 is 8.28. The van der Waals surface area contributed by atoms with E-state index in [0.29, 0.717) is 18.5 Å². The summed E-state index contributed by atoms with van der Waals surface area (Å²) in [7, 11) is 0. The molecule has 2 fully saturated rings. The Morgan fingerprint density at radius 2 is 2.00 bits per heavy atom. The van der Waals surface area contributed by atoms with Gasteiger partial charge in [-0.1, -0.05) is 11.6 Å². The molecule has 2 aliphatic heterocycles. The highest BCUT2D eigenvalue weighted by atomic mass is 35.5. The van der Waals surface area contributed by atoms with Gasteiger partial charge in [-0.15, -0.1) is 11.3 Å². The molecule has 1 atom stereocenters. The molecule has 1 aliphatic carbocycles. The van der Waals surface area contributed by atoms with Gasteiger partial charge in [0, 0.05) is 70.9 Å². The number of nitrogens with zero attached hydrogens (tertiary/aromatic N) is 4. The molecule has 0 amide bonds. The van der Waals surface area contributed by atoms with E-state index in [1.165, 1.54) is 21.9 Å². The van der Waals surface area contributed by atoms with Crippen LogP contribution in [0.3, 0.4) is 0 Å². The number of hydrogen-bond acceptors (Lipinski definition) is 6. The first-order chi connectivity index (χ1) is 18.5. The van der Waals surface area contributed by atoms with E-state index < -0.39 is 0 Å². The van der Waals surface area contributed by atoms with Crippen LogP contribution in [0.25, 0.3) is 21.3 Å². The van der Waals surface area contributed by atoms with Crippen molar-refractivity contribution in [3.05, 3.63) is 79.0 Å². The first kappa shape index (κ1) is 24.1. The van der Waals surface area contributed by atoms with E-state index in [9.17, 15) is 9.59 Å². The third-order valence-electron chi connectivity index (χ3n) is 8.12. The van der Waals surface area contributed by atoms with Crippen LogP contribution in [-0.2, 0) is 19.5 Å². The molecule has 1 saturated carbocycles. The zero-order chi connectivity index (χ0) is 25.8. The lowest BCUT2D eigenvalue weighted by Crippen LogP contribution is -2.40. The molecule has 1 aromatic carbocycles. The van der Waals surface area contributed by atoms with Gasteiger partial charge in [0.15, 0.2) is 0 Å². The van der Waals surface area contributed by atoms with Crippen LogP contribution in [0.15, 0.2) is 52.3 Å². The Kier molecular flexibility index (Phi) is 6.14. The molecule has 1 saturated heterocycles. The average molecular weight is 548 g/mol. The van der Waals surface area contributed by atoms with Gasteiger partial charge < -0.3 is 14.8 Å². The summed E-state index contributed by atoms with van der Waals surface area (Å²) in [5.74, 6) is 0.554. The molecule has 9 heteroatoms. The van der Waals surface area contributed by atoms with Gasteiger partial charge in [-0.25, -0.2) is 4.79 Å². The van der Waals surface area contributed by atoms with Crippen LogP contribution < -0.4 is 21.5 Å². The van der Waals surface area contributed by atoms with Crippen molar-refractivity contribution >= 4 is 38.8 Å². The first-order valence-electron chi connectivity index (χ1n) is 13.5. The van der Waals surface area contributed by atoms with E-state index in [1.54, 1.807) is 22.1 Å². The summed E-state index contributed by atoms with van der Waals surface area (Å²) in [6.45, 7) is 4.03. The summed E-state index contributed by atoms with van der Waals surface area (Å²) < 4.78 is 4.09. The number of pyridine rings is 1. The van der Waals surface area contributed by atoms with Gasteiger partial charge in [-0.05, 0) is 74.4 Å². The second kappa shape index (κ2) is 9.67. The van der Waals surface area contributed by atoms with Crippen molar-refractivity contribution in [2.75, 3.05) is 24.5 Å². The number of fused-ring (bicyclic) bond motifs is 2. The topological polar surface area (TPSA) is 72.2 Å². The number of aryl methyl sites for hydroxylation is 1. The minimum Gasteiger partial charge on any atom is -0.366 e. The monoisotopic (exact) mass is 547 g/mol. The predicted molar refractivity (Wildman–Crippen MR) is 154 cm³/mol. The van der Waals surface area contributed by atoms with E-state index in [4.69, 9.17) is 11.6 Å². The SMILES string of the molecule is O=c1ccn(CC2CC2)c(=O)n1Cc1cc2nccc(-c3cc(Cl)cc4c3N(C3CCNC3)CCC4)c2s1. The smallest absolute Gasteiger partial charge is 0.331 e. The van der Waals surface area contributed by atoms with Gasteiger partial charge in [0.2, 0.25) is 0 Å². The highest BCUT2D eigenvalue weighted by Crippen LogP contribution is 2.44. The summed E-state index contributed by atoms with van der Waals surface area (Å²) in [5.41, 5.74) is 5.22. The number of anilines is 1. The molecule has 4 aromatic rings. The molecule has 7 nitrogen and oxygen atoms in total. The molecular formula is C29H30ClN5O2S. The number of nitrogens with one attached hydrogen (secondary N) is 1. The first-order valence-corrected chi connectivity index (χ1v) is 14.7. The Morgan fingerprint density at radius 1 is 1.11 bits per heavy atom. The van der Waals surface area contributed by atoms with E-state index in [-0.39, 0.29) is 17.8 Å². The van der Waals surface area contributed by atoms with E-state index in [1.807, 2.05) is 12.3 Å². The number of thiophene rings is 1. The second-order valence-corrected chi connectivity index (χ2v) is 12.4. The maximum Gasteiger partial charge on any atom is 0.331 e. The minimum absolute atomic E-state index is 0.236. The summed E-state index contributed by atoms with van der Waals surface area (Å²) in [4.78, 5) is 34.0. The Labute approximate surface area is 229 Å². The van der Waals surface area contributed by atoms with Crippen LogP contribution in [0.5, 0.6) is 0 Å². The molecule has 5 heterocycles. The largest absolute Gasteiger partial charge is 0.366 e. The van der Waals surface area contributed by atoms with Crippen LogP contribution in [0.1, 0.15) is 36.1 Å². The number of aromatic nitrogens is 3. The van der Waals surface area contributed by atoms with Gasteiger partial charge in [0.1, 0.15) is 0 Å².